The number of hydrogen-bond donors (Lipinski definition) is 0. The van der Waals surface area contributed by atoms with Crippen LogP contribution in [0.4, 0.5) is 0 Å². The summed E-state index contributed by atoms with van der Waals surface area (Å²) in [5.74, 6) is 3.19. The van der Waals surface area contributed by atoms with E-state index in [4.69, 9.17) is 0 Å². The van der Waals surface area contributed by atoms with Crippen molar-refractivity contribution in [3.63, 3.8) is 0 Å². The average molecular weight is 130 g/mol. The zero-order valence-corrected chi connectivity index (χ0v) is 5.77. The molecule has 0 saturated heterocycles. The molecule has 0 radical (unpaired) electrons. The van der Waals surface area contributed by atoms with E-state index in [9.17, 15) is 0 Å². The van der Waals surface area contributed by atoms with E-state index in [1.54, 1.807) is 0 Å². The zero-order chi connectivity index (χ0) is 6.55. The van der Waals surface area contributed by atoms with Crippen molar-refractivity contribution in [2.75, 3.05) is 0 Å². The summed E-state index contributed by atoms with van der Waals surface area (Å²) in [6.07, 6.45) is 14.1. The van der Waals surface area contributed by atoms with Gasteiger partial charge in [-0.2, -0.15) is 0 Å². The van der Waals surface area contributed by atoms with Gasteiger partial charge < -0.3 is 0 Å². The molecule has 0 nitrogen and oxygen atoms in total. The van der Waals surface area contributed by atoms with Crippen LogP contribution in [0, 0.1) is 23.7 Å². The number of allylic oxidation sites excluding steroid dienone is 6. The fourth-order valence-corrected chi connectivity index (χ4v) is 2.50. The summed E-state index contributed by atoms with van der Waals surface area (Å²) in [6.45, 7) is 0. The first-order valence-corrected chi connectivity index (χ1v) is 4.00. The Morgan fingerprint density at radius 1 is 0.500 bits per heavy atom. The van der Waals surface area contributed by atoms with Gasteiger partial charge in [0.15, 0.2) is 0 Å². The van der Waals surface area contributed by atoms with E-state index in [2.05, 4.69) is 36.5 Å². The van der Waals surface area contributed by atoms with Gasteiger partial charge in [0.1, 0.15) is 0 Å². The molecule has 0 aliphatic heterocycles. The van der Waals surface area contributed by atoms with Crippen LogP contribution < -0.4 is 0 Å². The Kier molecular flexibility index (Phi) is 0.715. The maximum Gasteiger partial charge on any atom is -0.000751 e. The van der Waals surface area contributed by atoms with E-state index >= 15 is 0 Å². The number of hydrogen-bond acceptors (Lipinski definition) is 0. The second kappa shape index (κ2) is 1.45. The van der Waals surface area contributed by atoms with Crippen LogP contribution in [-0.2, 0) is 0 Å². The Morgan fingerprint density at radius 2 is 0.800 bits per heavy atom. The lowest BCUT2D eigenvalue weighted by atomic mass is 9.89. The summed E-state index contributed by atoms with van der Waals surface area (Å²) in [5, 5.41) is 0. The lowest BCUT2D eigenvalue weighted by Gasteiger charge is -2.14. The third kappa shape index (κ3) is 0.406. The predicted molar refractivity (Wildman–Crippen MR) is 41.4 cm³/mol. The average Bonchev–Trinajstić information content (AvgIpc) is 2.56. The number of rotatable bonds is 0. The maximum absolute atomic E-state index is 2.36. The van der Waals surface area contributed by atoms with E-state index in [1.165, 1.54) is 0 Å². The second-order valence-corrected chi connectivity index (χ2v) is 3.46. The fourth-order valence-electron chi connectivity index (χ4n) is 2.50. The van der Waals surface area contributed by atoms with Crippen molar-refractivity contribution >= 4 is 0 Å². The van der Waals surface area contributed by atoms with Crippen molar-refractivity contribution in [1.82, 2.24) is 0 Å². The van der Waals surface area contributed by atoms with Gasteiger partial charge in [0.05, 0.1) is 0 Å². The van der Waals surface area contributed by atoms with Crippen molar-refractivity contribution in [3.8, 4) is 0 Å². The Hall–Kier alpha value is -0.780. The summed E-state index contributed by atoms with van der Waals surface area (Å²) in [5.41, 5.74) is 0. The molecule has 0 heteroatoms. The summed E-state index contributed by atoms with van der Waals surface area (Å²) in [4.78, 5) is 0. The van der Waals surface area contributed by atoms with Crippen LogP contribution in [0.15, 0.2) is 36.5 Å². The molecule has 0 heterocycles. The molecule has 0 spiro atoms. The van der Waals surface area contributed by atoms with Gasteiger partial charge in [-0.3, -0.25) is 0 Å². The molecule has 0 bridgehead atoms. The van der Waals surface area contributed by atoms with Crippen molar-refractivity contribution in [2.45, 2.75) is 0 Å². The van der Waals surface area contributed by atoms with Crippen molar-refractivity contribution in [2.24, 2.45) is 23.7 Å². The van der Waals surface area contributed by atoms with Gasteiger partial charge in [0.2, 0.25) is 0 Å². The third-order valence-corrected chi connectivity index (χ3v) is 3.00. The SMILES string of the molecule is C1=CC2C=CC3C=CC1C23. The molecule has 0 fully saturated rings. The van der Waals surface area contributed by atoms with E-state index in [0.29, 0.717) is 0 Å². The minimum atomic E-state index is 0.769. The molecule has 0 N–H and O–H groups in total. The highest BCUT2D eigenvalue weighted by Gasteiger charge is 2.39. The molecular formula is C10H10. The van der Waals surface area contributed by atoms with E-state index in [-0.39, 0.29) is 0 Å². The molecular weight excluding hydrogens is 120 g/mol. The molecule has 0 aromatic carbocycles. The summed E-state index contributed by atoms with van der Waals surface area (Å²) in [6, 6.07) is 0. The van der Waals surface area contributed by atoms with Gasteiger partial charge in [-0.05, 0) is 23.7 Å². The molecule has 0 unspecified atom stereocenters. The Bertz CT molecular complexity index is 184. The third-order valence-electron chi connectivity index (χ3n) is 3.00. The van der Waals surface area contributed by atoms with Crippen LogP contribution in [0.5, 0.6) is 0 Å². The van der Waals surface area contributed by atoms with Gasteiger partial charge in [0, 0.05) is 0 Å². The van der Waals surface area contributed by atoms with Gasteiger partial charge >= 0.3 is 0 Å². The maximum atomic E-state index is 2.36. The Balaban J connectivity index is 2.14. The van der Waals surface area contributed by atoms with Crippen LogP contribution in [0.2, 0.25) is 0 Å². The highest BCUT2D eigenvalue weighted by atomic mass is 14.4. The van der Waals surface area contributed by atoms with Gasteiger partial charge in [-0.25, -0.2) is 0 Å². The lowest BCUT2D eigenvalue weighted by Crippen LogP contribution is -2.10. The molecule has 0 saturated carbocycles. The van der Waals surface area contributed by atoms with Crippen LogP contribution in [0.25, 0.3) is 0 Å². The quantitative estimate of drug-likeness (QED) is 0.441. The first kappa shape index (κ1) is 4.95. The molecule has 10 heavy (non-hydrogen) atoms. The van der Waals surface area contributed by atoms with E-state index in [0.717, 1.165) is 23.7 Å². The van der Waals surface area contributed by atoms with Crippen LogP contribution in [0.1, 0.15) is 0 Å². The van der Waals surface area contributed by atoms with E-state index in [1.807, 2.05) is 0 Å². The Labute approximate surface area is 60.9 Å². The Morgan fingerprint density at radius 3 is 1.10 bits per heavy atom. The minimum absolute atomic E-state index is 0.769. The summed E-state index contributed by atoms with van der Waals surface area (Å²) < 4.78 is 0. The fraction of sp³-hybridized carbons (Fsp3) is 0.400. The first-order chi connectivity index (χ1) is 4.95. The highest BCUT2D eigenvalue weighted by molar-refractivity contribution is 5.32. The minimum Gasteiger partial charge on any atom is -0.0807 e. The topological polar surface area (TPSA) is 0 Å². The highest BCUT2D eigenvalue weighted by Crippen LogP contribution is 2.47. The normalized spacial score (nSPS) is 52.8. The van der Waals surface area contributed by atoms with Gasteiger partial charge in [-0.1, -0.05) is 36.5 Å². The zero-order valence-electron chi connectivity index (χ0n) is 5.77. The standard InChI is InChI=1S/C10H10/c1-2-8-5-6-9-4-3-7(1)10(8)9/h1-10H. The lowest BCUT2D eigenvalue weighted by molar-refractivity contribution is 0.419. The van der Waals surface area contributed by atoms with Crippen molar-refractivity contribution in [1.29, 1.82) is 0 Å². The van der Waals surface area contributed by atoms with Crippen LogP contribution >= 0.6 is 0 Å². The molecule has 3 rings (SSSR count). The molecule has 0 aromatic rings. The first-order valence-electron chi connectivity index (χ1n) is 4.00. The van der Waals surface area contributed by atoms with Gasteiger partial charge in [-0.15, -0.1) is 0 Å². The van der Waals surface area contributed by atoms with Crippen molar-refractivity contribution in [3.05, 3.63) is 36.5 Å². The monoisotopic (exact) mass is 130 g/mol. The van der Waals surface area contributed by atoms with Crippen LogP contribution in [0.3, 0.4) is 0 Å². The van der Waals surface area contributed by atoms with Crippen molar-refractivity contribution < 1.29 is 0 Å². The predicted octanol–water partition coefficient (Wildman–Crippen LogP) is 2.16. The molecule has 3 aliphatic carbocycles. The second-order valence-electron chi connectivity index (χ2n) is 3.46. The summed E-state index contributed by atoms with van der Waals surface area (Å²) in [7, 11) is 0. The van der Waals surface area contributed by atoms with Crippen LogP contribution in [-0.4, -0.2) is 0 Å². The van der Waals surface area contributed by atoms with Gasteiger partial charge in [0.25, 0.3) is 0 Å². The molecule has 0 atom stereocenters. The largest absolute Gasteiger partial charge is 0.0807 e. The molecule has 50 valence electrons. The molecule has 0 aromatic heterocycles. The molecule has 3 aliphatic rings. The molecule has 0 amide bonds. The summed E-state index contributed by atoms with van der Waals surface area (Å²) >= 11 is 0. The smallest absolute Gasteiger partial charge is 0.000751 e. The van der Waals surface area contributed by atoms with E-state index < -0.39 is 0 Å².